The first-order chi connectivity index (χ1) is 12.5. The summed E-state index contributed by atoms with van der Waals surface area (Å²) in [6.07, 6.45) is 0.610. The minimum Gasteiger partial charge on any atom is -0.390 e. The lowest BCUT2D eigenvalue weighted by molar-refractivity contribution is -0.187. The molecule has 0 amide bonds. The van der Waals surface area contributed by atoms with Crippen molar-refractivity contribution < 1.29 is 19.3 Å². The van der Waals surface area contributed by atoms with Crippen LogP contribution in [0, 0.1) is 6.92 Å². The summed E-state index contributed by atoms with van der Waals surface area (Å²) in [5.74, 6) is -0.674. The van der Waals surface area contributed by atoms with Crippen LogP contribution in [0.5, 0.6) is 0 Å². The van der Waals surface area contributed by atoms with E-state index in [4.69, 9.17) is 14.2 Å². The molecule has 2 aliphatic rings. The van der Waals surface area contributed by atoms with Crippen LogP contribution in [0.3, 0.4) is 0 Å². The van der Waals surface area contributed by atoms with Crippen LogP contribution < -0.4 is 0 Å². The zero-order valence-corrected chi connectivity index (χ0v) is 18.0. The summed E-state index contributed by atoms with van der Waals surface area (Å²) in [6, 6.07) is 6.59. The highest BCUT2D eigenvalue weighted by Crippen LogP contribution is 2.46. The van der Waals surface area contributed by atoms with E-state index in [-0.39, 0.29) is 23.1 Å². The second-order valence-electron chi connectivity index (χ2n) is 8.97. The number of benzene rings is 1. The van der Waals surface area contributed by atoms with Crippen molar-refractivity contribution in [2.75, 3.05) is 0 Å². The van der Waals surface area contributed by atoms with Gasteiger partial charge in [0.25, 0.3) is 0 Å². The molecule has 0 radical (unpaired) electrons. The van der Waals surface area contributed by atoms with Crippen LogP contribution in [0.25, 0.3) is 0 Å². The molecule has 5 atom stereocenters. The summed E-state index contributed by atoms with van der Waals surface area (Å²) in [7, 11) is 0. The fourth-order valence-corrected chi connectivity index (χ4v) is 4.85. The highest BCUT2D eigenvalue weighted by Gasteiger charge is 2.57. The Morgan fingerprint density at radius 2 is 1.93 bits per heavy atom. The smallest absolute Gasteiger partial charge is 0.164 e. The summed E-state index contributed by atoms with van der Waals surface area (Å²) in [6.45, 7) is 16.3. The maximum Gasteiger partial charge on any atom is 0.164 e. The quantitative estimate of drug-likeness (QED) is 0.744. The van der Waals surface area contributed by atoms with Gasteiger partial charge in [-0.2, -0.15) is 0 Å². The van der Waals surface area contributed by atoms with E-state index in [0.717, 1.165) is 0 Å². The molecule has 1 N–H and O–H groups in total. The maximum atomic E-state index is 10.5. The largest absolute Gasteiger partial charge is 0.390 e. The lowest BCUT2D eigenvalue weighted by Gasteiger charge is -2.26. The number of hydrogen-bond acceptors (Lipinski definition) is 5. The van der Waals surface area contributed by atoms with E-state index in [9.17, 15) is 5.11 Å². The van der Waals surface area contributed by atoms with Crippen LogP contribution in [0.2, 0.25) is 0 Å². The van der Waals surface area contributed by atoms with Crippen LogP contribution >= 0.6 is 11.8 Å². The monoisotopic (exact) mass is 392 g/mol. The second-order valence-corrected chi connectivity index (χ2v) is 10.1. The fourth-order valence-electron chi connectivity index (χ4n) is 3.62. The van der Waals surface area contributed by atoms with Crippen molar-refractivity contribution in [3.8, 4) is 0 Å². The van der Waals surface area contributed by atoms with Crippen molar-refractivity contribution in [3.63, 3.8) is 0 Å². The third-order valence-electron chi connectivity index (χ3n) is 5.13. The molecule has 0 unspecified atom stereocenters. The Hall–Kier alpha value is -0.850. The molecule has 1 aromatic carbocycles. The van der Waals surface area contributed by atoms with Gasteiger partial charge in [0.2, 0.25) is 0 Å². The Morgan fingerprint density at radius 3 is 2.56 bits per heavy atom. The topological polar surface area (TPSA) is 47.9 Å². The molecule has 3 rings (SSSR count). The van der Waals surface area contributed by atoms with E-state index < -0.39 is 18.0 Å². The van der Waals surface area contributed by atoms with Crippen molar-refractivity contribution in [2.45, 2.75) is 93.9 Å². The van der Waals surface area contributed by atoms with Gasteiger partial charge in [-0.05, 0) is 49.8 Å². The predicted octanol–water partition coefficient (Wildman–Crippen LogP) is 4.57. The van der Waals surface area contributed by atoms with Crippen LogP contribution in [-0.4, -0.2) is 40.7 Å². The summed E-state index contributed by atoms with van der Waals surface area (Å²) in [4.78, 5) is 1.18. The molecule has 1 aromatic rings. The van der Waals surface area contributed by atoms with Crippen molar-refractivity contribution >= 4 is 11.8 Å². The van der Waals surface area contributed by atoms with Gasteiger partial charge in [-0.25, -0.2) is 0 Å². The van der Waals surface area contributed by atoms with Gasteiger partial charge in [0, 0.05) is 4.90 Å². The zero-order chi connectivity index (χ0) is 20.0. The highest BCUT2D eigenvalue weighted by molar-refractivity contribution is 7.99. The van der Waals surface area contributed by atoms with Crippen molar-refractivity contribution in [3.05, 3.63) is 42.0 Å². The minimum absolute atomic E-state index is 0.0831. The first-order valence-corrected chi connectivity index (χ1v) is 10.5. The number of rotatable bonds is 5. The normalized spacial score (nSPS) is 30.9. The Kier molecular flexibility index (Phi) is 5.82. The van der Waals surface area contributed by atoms with Crippen LogP contribution in [0.4, 0.5) is 0 Å². The maximum absolute atomic E-state index is 10.5. The number of thioether (sulfide) groups is 1. The molecule has 27 heavy (non-hydrogen) atoms. The second kappa shape index (κ2) is 7.53. The van der Waals surface area contributed by atoms with E-state index >= 15 is 0 Å². The average Bonchev–Trinajstić information content (AvgIpc) is 3.02. The Bertz CT molecular complexity index is 694. The fraction of sp³-hybridized carbons (Fsp3) is 0.636. The van der Waals surface area contributed by atoms with Gasteiger partial charge in [-0.15, -0.1) is 6.58 Å². The van der Waals surface area contributed by atoms with Gasteiger partial charge in [-0.1, -0.05) is 50.7 Å². The number of ether oxygens (including phenoxy) is 3. The van der Waals surface area contributed by atoms with Gasteiger partial charge in [-0.3, -0.25) is 0 Å². The lowest BCUT2D eigenvalue weighted by Crippen LogP contribution is -2.38. The van der Waals surface area contributed by atoms with Crippen LogP contribution in [0.15, 0.2) is 35.7 Å². The number of aryl methyl sites for hydroxylation is 1. The van der Waals surface area contributed by atoms with Gasteiger partial charge in [0.1, 0.15) is 23.7 Å². The van der Waals surface area contributed by atoms with Crippen molar-refractivity contribution in [1.82, 2.24) is 0 Å². The third-order valence-corrected chi connectivity index (χ3v) is 6.44. The molecule has 0 saturated carbocycles. The predicted molar refractivity (Wildman–Crippen MR) is 109 cm³/mol. The highest BCUT2D eigenvalue weighted by atomic mass is 32.2. The first kappa shape index (κ1) is 20.9. The molecule has 0 spiro atoms. The molecular weight excluding hydrogens is 360 g/mol. The molecule has 4 nitrogen and oxygen atoms in total. The van der Waals surface area contributed by atoms with Crippen LogP contribution in [0.1, 0.15) is 52.2 Å². The summed E-state index contributed by atoms with van der Waals surface area (Å²) in [5, 5.41) is 10.5. The lowest BCUT2D eigenvalue weighted by atomic mass is 9.87. The van der Waals surface area contributed by atoms with E-state index in [0.29, 0.717) is 6.42 Å². The summed E-state index contributed by atoms with van der Waals surface area (Å²) in [5.41, 5.74) is 2.36. The summed E-state index contributed by atoms with van der Waals surface area (Å²) < 4.78 is 18.5. The Morgan fingerprint density at radius 1 is 1.26 bits per heavy atom. The molecule has 0 aromatic heterocycles. The molecule has 2 saturated heterocycles. The molecule has 5 heteroatoms. The SMILES string of the molecule is C=CC[C@H](O)[C@H]1O[C@@H](Sc2cc(C(C)(C)C)ccc2C)[C@@H]2OC(C)(C)O[C@@H]21. The minimum atomic E-state index is -0.674. The van der Waals surface area contributed by atoms with Gasteiger partial charge in [0.15, 0.2) is 5.79 Å². The Balaban J connectivity index is 1.85. The average molecular weight is 393 g/mol. The number of aliphatic hydroxyl groups excluding tert-OH is 1. The number of hydrogen-bond donors (Lipinski definition) is 1. The van der Waals surface area contributed by atoms with E-state index in [1.54, 1.807) is 17.8 Å². The number of aliphatic hydroxyl groups is 1. The molecule has 2 fully saturated rings. The van der Waals surface area contributed by atoms with Gasteiger partial charge >= 0.3 is 0 Å². The molecule has 2 heterocycles. The Labute approximate surface area is 167 Å². The molecule has 2 aliphatic heterocycles. The van der Waals surface area contributed by atoms with E-state index in [1.807, 2.05) is 13.8 Å². The zero-order valence-electron chi connectivity index (χ0n) is 17.2. The molecule has 0 aliphatic carbocycles. The van der Waals surface area contributed by atoms with Gasteiger partial charge in [0.05, 0.1) is 6.10 Å². The molecular formula is C22H32O4S. The number of fused-ring (bicyclic) bond motifs is 1. The molecule has 150 valence electrons. The van der Waals surface area contributed by atoms with E-state index in [1.165, 1.54) is 16.0 Å². The van der Waals surface area contributed by atoms with Crippen molar-refractivity contribution in [1.29, 1.82) is 0 Å². The third kappa shape index (κ3) is 4.43. The summed E-state index contributed by atoms with van der Waals surface area (Å²) >= 11 is 1.66. The molecule has 0 bridgehead atoms. The van der Waals surface area contributed by atoms with Crippen molar-refractivity contribution in [2.24, 2.45) is 0 Å². The first-order valence-electron chi connectivity index (χ1n) is 9.60. The van der Waals surface area contributed by atoms with Crippen LogP contribution in [-0.2, 0) is 19.6 Å². The standard InChI is InChI=1S/C22H32O4S/c1-8-9-15(23)17-18-19(26-22(6,7)25-18)20(24-17)27-16-12-14(21(3,4)5)11-10-13(16)2/h8,10-12,15,17-20,23H,1,9H2,2-7H3/t15-,17+,18+,19+,20-/m0/s1. The van der Waals surface area contributed by atoms with E-state index in [2.05, 4.69) is 52.5 Å². The van der Waals surface area contributed by atoms with Gasteiger partial charge < -0.3 is 19.3 Å².